The van der Waals surface area contributed by atoms with Gasteiger partial charge in [-0.25, -0.2) is 9.59 Å². The van der Waals surface area contributed by atoms with E-state index in [4.69, 9.17) is 33.2 Å². The van der Waals surface area contributed by atoms with Crippen molar-refractivity contribution in [3.05, 3.63) is 76.9 Å². The molecule has 0 saturated carbocycles. The molecule has 240 valence electrons. The summed E-state index contributed by atoms with van der Waals surface area (Å²) < 4.78 is 47.9. The number of rotatable bonds is 12. The van der Waals surface area contributed by atoms with Crippen molar-refractivity contribution in [2.75, 3.05) is 41.6 Å². The maximum absolute atomic E-state index is 14.0. The average Bonchev–Trinajstić information content (AvgIpc) is 3.64. The van der Waals surface area contributed by atoms with E-state index in [1.165, 1.54) is 28.4 Å². The molecule has 5 rings (SSSR count). The van der Waals surface area contributed by atoms with Crippen molar-refractivity contribution in [2.24, 2.45) is 0 Å². The first kappa shape index (κ1) is 32.0. The summed E-state index contributed by atoms with van der Waals surface area (Å²) >= 11 is 1.04. The average molecular weight is 650 g/mol. The SMILES string of the molecule is CCOC(=O)CNC(=O)OC1(c2ccccc2OC)OC(=O)C(c2ccc3nsnc3c2)=C1Cc1cc(OC)c(OC)c(OC)c1. The number of alkyl carbamates (subject to hydrolysis) is 1. The van der Waals surface area contributed by atoms with E-state index in [1.807, 2.05) is 0 Å². The van der Waals surface area contributed by atoms with Crippen LogP contribution in [-0.2, 0) is 36.0 Å². The highest BCUT2D eigenvalue weighted by molar-refractivity contribution is 7.00. The van der Waals surface area contributed by atoms with E-state index in [1.54, 1.807) is 61.5 Å². The molecule has 2 heterocycles. The van der Waals surface area contributed by atoms with Gasteiger partial charge in [0.05, 0.1) is 57.9 Å². The van der Waals surface area contributed by atoms with E-state index >= 15 is 0 Å². The van der Waals surface area contributed by atoms with Gasteiger partial charge in [0, 0.05) is 12.0 Å². The summed E-state index contributed by atoms with van der Waals surface area (Å²) in [6, 6.07) is 15.3. The lowest BCUT2D eigenvalue weighted by molar-refractivity contribution is -0.185. The second kappa shape index (κ2) is 13.7. The van der Waals surface area contributed by atoms with Gasteiger partial charge < -0.3 is 38.5 Å². The molecule has 0 bridgehead atoms. The van der Waals surface area contributed by atoms with Crippen LogP contribution < -0.4 is 24.3 Å². The number of nitrogens with zero attached hydrogens (tertiary/aromatic N) is 2. The monoisotopic (exact) mass is 649 g/mol. The number of carbonyl (C=O) groups excluding carboxylic acids is 3. The summed E-state index contributed by atoms with van der Waals surface area (Å²) in [5.74, 6) is -2.20. The Kier molecular flexibility index (Phi) is 9.56. The largest absolute Gasteiger partial charge is 0.496 e. The number of benzene rings is 3. The highest BCUT2D eigenvalue weighted by Crippen LogP contribution is 2.51. The zero-order valence-electron chi connectivity index (χ0n) is 25.7. The Morgan fingerprint density at radius 2 is 1.59 bits per heavy atom. The van der Waals surface area contributed by atoms with Gasteiger partial charge in [-0.15, -0.1) is 0 Å². The molecule has 0 spiro atoms. The molecule has 13 nitrogen and oxygen atoms in total. The van der Waals surface area contributed by atoms with Crippen LogP contribution in [0.5, 0.6) is 23.0 Å². The smallest absolute Gasteiger partial charge is 0.411 e. The summed E-state index contributed by atoms with van der Waals surface area (Å²) in [7, 11) is 5.91. The van der Waals surface area contributed by atoms with Crippen LogP contribution >= 0.6 is 11.7 Å². The van der Waals surface area contributed by atoms with E-state index in [9.17, 15) is 14.4 Å². The Balaban J connectivity index is 1.75. The predicted octanol–water partition coefficient (Wildman–Crippen LogP) is 4.42. The number of carbonyl (C=O) groups is 3. The van der Waals surface area contributed by atoms with E-state index in [0.717, 1.165) is 11.7 Å². The fourth-order valence-electron chi connectivity index (χ4n) is 5.20. The minimum absolute atomic E-state index is 0.00561. The van der Waals surface area contributed by atoms with E-state index in [0.29, 0.717) is 39.4 Å². The van der Waals surface area contributed by atoms with Gasteiger partial charge in [-0.1, -0.05) is 18.2 Å². The number of cyclic esters (lactones) is 1. The van der Waals surface area contributed by atoms with Crippen LogP contribution in [0.15, 0.2) is 60.2 Å². The fourth-order valence-corrected chi connectivity index (χ4v) is 5.72. The number of para-hydroxylation sites is 1. The summed E-state index contributed by atoms with van der Waals surface area (Å²) in [5.41, 5.74) is 2.89. The first-order valence-corrected chi connectivity index (χ1v) is 14.8. The molecule has 1 amide bonds. The van der Waals surface area contributed by atoms with Crippen molar-refractivity contribution in [2.45, 2.75) is 19.1 Å². The highest BCUT2D eigenvalue weighted by Gasteiger charge is 2.54. The molecule has 1 aliphatic heterocycles. The van der Waals surface area contributed by atoms with Crippen molar-refractivity contribution in [3.63, 3.8) is 0 Å². The van der Waals surface area contributed by atoms with Crippen LogP contribution in [0.3, 0.4) is 0 Å². The molecule has 4 aromatic rings. The lowest BCUT2D eigenvalue weighted by Crippen LogP contribution is -2.41. The van der Waals surface area contributed by atoms with Crippen molar-refractivity contribution in [3.8, 4) is 23.0 Å². The minimum Gasteiger partial charge on any atom is -0.496 e. The van der Waals surface area contributed by atoms with Crippen LogP contribution in [0, 0.1) is 0 Å². The second-order valence-electron chi connectivity index (χ2n) is 9.79. The Labute approximate surface area is 268 Å². The topological polar surface area (TPSA) is 154 Å². The summed E-state index contributed by atoms with van der Waals surface area (Å²) in [5, 5.41) is 2.39. The van der Waals surface area contributed by atoms with Crippen LogP contribution in [0.1, 0.15) is 23.6 Å². The van der Waals surface area contributed by atoms with Crippen LogP contribution in [0.4, 0.5) is 4.79 Å². The maximum Gasteiger partial charge on any atom is 0.411 e. The van der Waals surface area contributed by atoms with Crippen molar-refractivity contribution >= 4 is 46.4 Å². The summed E-state index contributed by atoms with van der Waals surface area (Å²) in [6.07, 6.45) is -1.05. The molecular formula is C32H31N3O10S. The molecule has 0 fully saturated rings. The molecular weight excluding hydrogens is 618 g/mol. The molecule has 0 radical (unpaired) electrons. The normalized spacial score (nSPS) is 15.7. The number of amides is 1. The van der Waals surface area contributed by atoms with Gasteiger partial charge in [-0.3, -0.25) is 4.79 Å². The molecule has 1 unspecified atom stereocenters. The molecule has 1 N–H and O–H groups in total. The molecule has 46 heavy (non-hydrogen) atoms. The van der Waals surface area contributed by atoms with E-state index < -0.39 is 30.4 Å². The van der Waals surface area contributed by atoms with Crippen LogP contribution in [0.2, 0.25) is 0 Å². The minimum atomic E-state index is -2.15. The van der Waals surface area contributed by atoms with Crippen molar-refractivity contribution < 1.29 is 47.5 Å². The summed E-state index contributed by atoms with van der Waals surface area (Å²) in [4.78, 5) is 39.4. The second-order valence-corrected chi connectivity index (χ2v) is 10.3. The van der Waals surface area contributed by atoms with Gasteiger partial charge in [0.2, 0.25) is 5.75 Å². The zero-order valence-corrected chi connectivity index (χ0v) is 26.5. The fraction of sp³-hybridized carbons (Fsp3) is 0.281. The Morgan fingerprint density at radius 3 is 2.26 bits per heavy atom. The Hall–Kier alpha value is -5.37. The third-order valence-corrected chi connectivity index (χ3v) is 7.72. The van der Waals surface area contributed by atoms with Gasteiger partial charge in [0.15, 0.2) is 11.5 Å². The van der Waals surface area contributed by atoms with Crippen LogP contribution in [0.25, 0.3) is 16.6 Å². The van der Waals surface area contributed by atoms with Crippen LogP contribution in [-0.4, -0.2) is 68.4 Å². The predicted molar refractivity (Wildman–Crippen MR) is 166 cm³/mol. The number of hydrogen-bond donors (Lipinski definition) is 1. The Bertz CT molecular complexity index is 1800. The quantitative estimate of drug-likeness (QED) is 0.216. The van der Waals surface area contributed by atoms with Crippen molar-refractivity contribution in [1.29, 1.82) is 0 Å². The molecule has 1 aliphatic rings. The lowest BCUT2D eigenvalue weighted by Gasteiger charge is -2.32. The number of methoxy groups -OCH3 is 4. The van der Waals surface area contributed by atoms with E-state index in [2.05, 4.69) is 14.1 Å². The number of nitrogens with one attached hydrogen (secondary N) is 1. The number of esters is 2. The van der Waals surface area contributed by atoms with Gasteiger partial charge in [-0.2, -0.15) is 8.75 Å². The van der Waals surface area contributed by atoms with Gasteiger partial charge in [-0.05, 0) is 54.4 Å². The lowest BCUT2D eigenvalue weighted by atomic mass is 9.87. The first-order chi connectivity index (χ1) is 22.3. The third kappa shape index (κ3) is 6.11. The standard InChI is InChI=1S/C32H31N3O10S/c1-6-43-27(36)17-33-31(38)45-32(20-9-7-8-10-24(20)39-2)21(13-18-14-25(40-3)29(42-5)26(15-18)41-4)28(30(37)44-32)19-11-12-22-23(16-19)35-46-34-22/h7-12,14-16H,6,13,17H2,1-5H3,(H,33,38). The first-order valence-electron chi connectivity index (χ1n) is 14.0. The molecule has 14 heteroatoms. The third-order valence-electron chi connectivity index (χ3n) is 7.17. The molecule has 0 saturated heterocycles. The molecule has 0 aliphatic carbocycles. The van der Waals surface area contributed by atoms with Gasteiger partial charge in [0.1, 0.15) is 23.3 Å². The van der Waals surface area contributed by atoms with Gasteiger partial charge in [0.25, 0.3) is 0 Å². The molecule has 1 atom stereocenters. The zero-order chi connectivity index (χ0) is 32.8. The van der Waals surface area contributed by atoms with Gasteiger partial charge >= 0.3 is 23.8 Å². The maximum atomic E-state index is 14.0. The molecule has 3 aromatic carbocycles. The summed E-state index contributed by atoms with van der Waals surface area (Å²) in [6.45, 7) is 1.29. The number of ether oxygens (including phenoxy) is 7. The Morgan fingerprint density at radius 1 is 0.891 bits per heavy atom. The van der Waals surface area contributed by atoms with Crippen molar-refractivity contribution in [1.82, 2.24) is 14.1 Å². The number of hydrogen-bond acceptors (Lipinski definition) is 13. The molecule has 1 aromatic heterocycles. The number of fused-ring (bicyclic) bond motifs is 1. The van der Waals surface area contributed by atoms with E-state index in [-0.39, 0.29) is 35.5 Å². The highest BCUT2D eigenvalue weighted by atomic mass is 32.1. The number of aromatic nitrogens is 2.